The highest BCUT2D eigenvalue weighted by atomic mass is 19.4. The minimum absolute atomic E-state index is 0.0544. The fourth-order valence-corrected chi connectivity index (χ4v) is 3.75. The third kappa shape index (κ3) is 5.69. The lowest BCUT2D eigenvalue weighted by Gasteiger charge is -2.30. The average molecular weight is 464 g/mol. The molecule has 4 rings (SSSR count). The summed E-state index contributed by atoms with van der Waals surface area (Å²) >= 11 is 0. The second-order valence-corrected chi connectivity index (χ2v) is 7.98. The maximum Gasteiger partial charge on any atom is 0.419 e. The molecule has 0 aliphatic carbocycles. The third-order valence-electron chi connectivity index (χ3n) is 5.54. The zero-order chi connectivity index (χ0) is 23.4. The summed E-state index contributed by atoms with van der Waals surface area (Å²) in [5.41, 5.74) is 6.83. The highest BCUT2D eigenvalue weighted by Gasteiger charge is 2.35. The first-order valence-electron chi connectivity index (χ1n) is 10.6. The van der Waals surface area contributed by atoms with Crippen LogP contribution >= 0.6 is 0 Å². The van der Waals surface area contributed by atoms with Gasteiger partial charge in [0.15, 0.2) is 0 Å². The van der Waals surface area contributed by atoms with Gasteiger partial charge in [-0.2, -0.15) is 18.2 Å². The summed E-state index contributed by atoms with van der Waals surface area (Å²) in [7, 11) is 0. The van der Waals surface area contributed by atoms with Crippen LogP contribution in [0.5, 0.6) is 5.75 Å². The Hall–Kier alpha value is -2.98. The Kier molecular flexibility index (Phi) is 6.94. The molecule has 2 N–H and O–H groups in total. The Morgan fingerprint density at radius 3 is 2.42 bits per heavy atom. The maximum absolute atomic E-state index is 13.4. The van der Waals surface area contributed by atoms with Gasteiger partial charge in [-0.3, -0.25) is 4.90 Å². The van der Waals surface area contributed by atoms with Crippen LogP contribution in [0.15, 0.2) is 47.0 Å². The van der Waals surface area contributed by atoms with Crippen LogP contribution in [-0.4, -0.2) is 47.5 Å². The summed E-state index contributed by atoms with van der Waals surface area (Å²) in [5.74, 6) is -0.233. The van der Waals surface area contributed by atoms with Gasteiger partial charge in [0.1, 0.15) is 19.0 Å². The monoisotopic (exact) mass is 464 g/mol. The Morgan fingerprint density at radius 1 is 1.06 bits per heavy atom. The number of likely N-dealkylation sites (tertiary alicyclic amines) is 1. The Balaban J connectivity index is 1.49. The number of rotatable bonds is 7. The van der Waals surface area contributed by atoms with Crippen LogP contribution in [0.2, 0.25) is 0 Å². The normalized spacial score (nSPS) is 15.7. The number of nitrogens with two attached hydrogens (primary N) is 1. The van der Waals surface area contributed by atoms with Gasteiger partial charge in [0, 0.05) is 23.7 Å². The highest BCUT2D eigenvalue weighted by Crippen LogP contribution is 2.38. The lowest BCUT2D eigenvalue weighted by atomic mass is 10.0. The quantitative estimate of drug-likeness (QED) is 0.511. The predicted molar refractivity (Wildman–Crippen MR) is 114 cm³/mol. The number of nitrogens with zero attached hydrogens (tertiary/aromatic N) is 3. The van der Waals surface area contributed by atoms with Gasteiger partial charge in [0.25, 0.3) is 5.89 Å². The predicted octanol–water partition coefficient (Wildman–Crippen LogP) is 4.69. The van der Waals surface area contributed by atoms with E-state index in [4.69, 9.17) is 15.0 Å². The summed E-state index contributed by atoms with van der Waals surface area (Å²) in [5, 5.41) is 3.91. The van der Waals surface area contributed by atoms with E-state index < -0.39 is 30.8 Å². The molecule has 0 saturated carbocycles. The molecule has 6 nitrogen and oxygen atoms in total. The van der Waals surface area contributed by atoms with Gasteiger partial charge in [-0.15, -0.1) is 0 Å². The number of ether oxygens (including phenoxy) is 1. The largest absolute Gasteiger partial charge is 0.490 e. The number of aromatic nitrogens is 2. The molecule has 1 fully saturated rings. The van der Waals surface area contributed by atoms with Crippen molar-refractivity contribution in [1.29, 1.82) is 0 Å². The molecule has 10 heteroatoms. The van der Waals surface area contributed by atoms with Crippen LogP contribution in [0.4, 0.5) is 17.6 Å². The van der Waals surface area contributed by atoms with E-state index in [9.17, 15) is 17.6 Å². The van der Waals surface area contributed by atoms with E-state index in [2.05, 4.69) is 15.0 Å². The molecule has 0 amide bonds. The van der Waals surface area contributed by atoms with Crippen LogP contribution in [0, 0.1) is 0 Å². The van der Waals surface area contributed by atoms with Gasteiger partial charge in [-0.1, -0.05) is 29.4 Å². The first kappa shape index (κ1) is 23.2. The SMILES string of the molecule is NC1CCN(Cc2ccc(-c3noc(-c4ccc(OCCF)c(C(F)(F)F)c4)n3)cc2)CC1. The molecular weight excluding hydrogens is 440 g/mol. The molecule has 1 saturated heterocycles. The van der Waals surface area contributed by atoms with Gasteiger partial charge >= 0.3 is 6.18 Å². The van der Waals surface area contributed by atoms with Gasteiger partial charge in [-0.05, 0) is 49.7 Å². The van der Waals surface area contributed by atoms with Gasteiger partial charge < -0.3 is 15.0 Å². The Morgan fingerprint density at radius 2 is 1.76 bits per heavy atom. The molecule has 1 aliphatic rings. The molecule has 33 heavy (non-hydrogen) atoms. The first-order chi connectivity index (χ1) is 15.8. The fraction of sp³-hybridized carbons (Fsp3) is 0.391. The molecular formula is C23H24F4N4O2. The second kappa shape index (κ2) is 9.88. The van der Waals surface area contributed by atoms with Crippen molar-refractivity contribution >= 4 is 0 Å². The summed E-state index contributed by atoms with van der Waals surface area (Å²) in [6.45, 7) is 1.40. The van der Waals surface area contributed by atoms with Gasteiger partial charge in [-0.25, -0.2) is 4.39 Å². The highest BCUT2D eigenvalue weighted by molar-refractivity contribution is 5.62. The minimum Gasteiger partial charge on any atom is -0.490 e. The molecule has 0 radical (unpaired) electrons. The van der Waals surface area contributed by atoms with Crippen LogP contribution < -0.4 is 10.5 Å². The number of piperidine rings is 1. The smallest absolute Gasteiger partial charge is 0.419 e. The van der Waals surface area contributed by atoms with Crippen molar-refractivity contribution in [2.75, 3.05) is 26.4 Å². The van der Waals surface area contributed by atoms with Crippen LogP contribution in [-0.2, 0) is 12.7 Å². The average Bonchev–Trinajstić information content (AvgIpc) is 3.29. The molecule has 0 unspecified atom stereocenters. The molecule has 3 aromatic rings. The topological polar surface area (TPSA) is 77.4 Å². The summed E-state index contributed by atoms with van der Waals surface area (Å²) < 4.78 is 62.7. The number of hydrogen-bond acceptors (Lipinski definition) is 6. The van der Waals surface area contributed by atoms with E-state index >= 15 is 0 Å². The molecule has 0 spiro atoms. The molecule has 2 heterocycles. The van der Waals surface area contributed by atoms with Crippen molar-refractivity contribution < 1.29 is 26.8 Å². The number of benzene rings is 2. The zero-order valence-corrected chi connectivity index (χ0v) is 17.8. The summed E-state index contributed by atoms with van der Waals surface area (Å²) in [6, 6.07) is 11.3. The Labute approximate surface area is 188 Å². The van der Waals surface area contributed by atoms with Crippen molar-refractivity contribution in [3.05, 3.63) is 53.6 Å². The van der Waals surface area contributed by atoms with Crippen molar-refractivity contribution in [2.24, 2.45) is 5.73 Å². The van der Waals surface area contributed by atoms with E-state index in [0.29, 0.717) is 5.56 Å². The number of hydrogen-bond donors (Lipinski definition) is 1. The molecule has 2 aromatic carbocycles. The molecule has 0 bridgehead atoms. The lowest BCUT2D eigenvalue weighted by molar-refractivity contribution is -0.138. The first-order valence-corrected chi connectivity index (χ1v) is 10.6. The Bertz CT molecular complexity index is 1060. The third-order valence-corrected chi connectivity index (χ3v) is 5.54. The van der Waals surface area contributed by atoms with Gasteiger partial charge in [0.05, 0.1) is 5.56 Å². The van der Waals surface area contributed by atoms with Crippen LogP contribution in [0.25, 0.3) is 22.8 Å². The van der Waals surface area contributed by atoms with E-state index in [1.54, 1.807) is 0 Å². The molecule has 0 atom stereocenters. The van der Waals surface area contributed by atoms with E-state index in [-0.39, 0.29) is 23.3 Å². The van der Waals surface area contributed by atoms with Crippen molar-refractivity contribution in [3.8, 4) is 28.6 Å². The van der Waals surface area contributed by atoms with E-state index in [1.807, 2.05) is 24.3 Å². The maximum atomic E-state index is 13.4. The van der Waals surface area contributed by atoms with Gasteiger partial charge in [0.2, 0.25) is 5.82 Å². The number of halogens is 4. The second-order valence-electron chi connectivity index (χ2n) is 7.98. The van der Waals surface area contributed by atoms with E-state index in [0.717, 1.165) is 50.2 Å². The zero-order valence-electron chi connectivity index (χ0n) is 17.8. The van der Waals surface area contributed by atoms with Crippen LogP contribution in [0.3, 0.4) is 0 Å². The molecule has 1 aromatic heterocycles. The van der Waals surface area contributed by atoms with E-state index in [1.165, 1.54) is 6.07 Å². The van der Waals surface area contributed by atoms with Crippen molar-refractivity contribution in [1.82, 2.24) is 15.0 Å². The van der Waals surface area contributed by atoms with Crippen molar-refractivity contribution in [3.63, 3.8) is 0 Å². The minimum atomic E-state index is -4.68. The number of alkyl halides is 4. The standard InChI is InChI=1S/C23H24F4N4O2/c24-9-12-32-20-6-5-17(13-19(20)23(25,26)27)22-29-21(30-33-22)16-3-1-15(2-4-16)14-31-10-7-18(28)8-11-31/h1-6,13,18H,7-12,14,28H2. The summed E-state index contributed by atoms with van der Waals surface area (Å²) in [6.07, 6.45) is -2.70. The summed E-state index contributed by atoms with van der Waals surface area (Å²) in [4.78, 5) is 6.60. The lowest BCUT2D eigenvalue weighted by Crippen LogP contribution is -2.39. The molecule has 1 aliphatic heterocycles. The fourth-order valence-electron chi connectivity index (χ4n) is 3.75. The molecule has 176 valence electrons. The van der Waals surface area contributed by atoms with Crippen molar-refractivity contribution in [2.45, 2.75) is 31.6 Å². The van der Waals surface area contributed by atoms with Crippen LogP contribution in [0.1, 0.15) is 24.0 Å².